The molecule has 29 heavy (non-hydrogen) atoms. The van der Waals surface area contributed by atoms with Crippen LogP contribution in [0.25, 0.3) is 0 Å². The van der Waals surface area contributed by atoms with Crippen LogP contribution in [0, 0.1) is 6.92 Å². The monoisotopic (exact) mass is 414 g/mol. The van der Waals surface area contributed by atoms with Gasteiger partial charge in [0.15, 0.2) is 0 Å². The number of carbonyl (C=O) groups is 1. The molecule has 1 aromatic carbocycles. The number of aromatic nitrogens is 4. The SMILES string of the molecule is Cc1ccc(=O)n(C(C)C(=O)Nc2ccc(S(=O)(=O)Nc3ncccn3)cc2)n1. The summed E-state index contributed by atoms with van der Waals surface area (Å²) in [5.74, 6) is -0.508. The first-order valence-electron chi connectivity index (χ1n) is 8.53. The molecule has 11 heteroatoms. The first kappa shape index (κ1) is 20.1. The van der Waals surface area contributed by atoms with Crippen LogP contribution >= 0.6 is 0 Å². The second kappa shape index (κ2) is 8.19. The molecule has 2 N–H and O–H groups in total. The summed E-state index contributed by atoms with van der Waals surface area (Å²) in [6.07, 6.45) is 2.83. The summed E-state index contributed by atoms with van der Waals surface area (Å²) in [5.41, 5.74) is 0.583. The Morgan fingerprint density at radius 2 is 1.72 bits per heavy atom. The predicted molar refractivity (Wildman–Crippen MR) is 106 cm³/mol. The highest BCUT2D eigenvalue weighted by Crippen LogP contribution is 2.17. The van der Waals surface area contributed by atoms with E-state index in [0.29, 0.717) is 11.4 Å². The van der Waals surface area contributed by atoms with E-state index in [2.05, 4.69) is 25.1 Å². The Bertz CT molecular complexity index is 1180. The number of nitrogens with zero attached hydrogens (tertiary/aromatic N) is 4. The van der Waals surface area contributed by atoms with Gasteiger partial charge in [-0.3, -0.25) is 9.59 Å². The maximum absolute atomic E-state index is 12.4. The lowest BCUT2D eigenvalue weighted by molar-refractivity contribution is -0.119. The van der Waals surface area contributed by atoms with E-state index in [1.165, 1.54) is 42.7 Å². The van der Waals surface area contributed by atoms with Crippen molar-refractivity contribution in [2.45, 2.75) is 24.8 Å². The Morgan fingerprint density at radius 1 is 1.07 bits per heavy atom. The largest absolute Gasteiger partial charge is 0.324 e. The fourth-order valence-electron chi connectivity index (χ4n) is 2.40. The summed E-state index contributed by atoms with van der Waals surface area (Å²) < 4.78 is 28.1. The standard InChI is InChI=1S/C18H18N6O4S/c1-12-4-9-16(25)24(22-12)13(2)17(26)21-14-5-7-15(8-6-14)29(27,28)23-18-19-10-3-11-20-18/h3-11,13H,1-2H3,(H,21,26)(H,19,20,23). The minimum absolute atomic E-state index is 0.0208. The van der Waals surface area contributed by atoms with E-state index in [1.54, 1.807) is 26.0 Å². The number of benzene rings is 1. The third kappa shape index (κ3) is 4.82. The summed E-state index contributed by atoms with van der Waals surface area (Å²) >= 11 is 0. The molecule has 2 aromatic heterocycles. The van der Waals surface area contributed by atoms with Crippen molar-refractivity contribution in [3.05, 3.63) is 70.9 Å². The molecule has 0 aliphatic carbocycles. The van der Waals surface area contributed by atoms with E-state index in [9.17, 15) is 18.0 Å². The molecule has 0 spiro atoms. The average Bonchev–Trinajstić information content (AvgIpc) is 2.70. The second-order valence-electron chi connectivity index (χ2n) is 6.13. The summed E-state index contributed by atoms with van der Waals surface area (Å²) in [6.45, 7) is 3.26. The zero-order valence-electron chi connectivity index (χ0n) is 15.6. The van der Waals surface area contributed by atoms with Crippen LogP contribution in [0.2, 0.25) is 0 Å². The van der Waals surface area contributed by atoms with Gasteiger partial charge in [0.2, 0.25) is 11.9 Å². The van der Waals surface area contributed by atoms with Crippen LogP contribution < -0.4 is 15.6 Å². The van der Waals surface area contributed by atoms with Gasteiger partial charge in [0, 0.05) is 24.1 Å². The fourth-order valence-corrected chi connectivity index (χ4v) is 3.36. The maximum atomic E-state index is 12.4. The molecular weight excluding hydrogens is 396 g/mol. The van der Waals surface area contributed by atoms with E-state index < -0.39 is 27.5 Å². The van der Waals surface area contributed by atoms with E-state index in [-0.39, 0.29) is 10.8 Å². The smallest absolute Gasteiger partial charge is 0.267 e. The molecule has 10 nitrogen and oxygen atoms in total. The van der Waals surface area contributed by atoms with Crippen LogP contribution in [0.15, 0.2) is 64.5 Å². The first-order valence-corrected chi connectivity index (χ1v) is 10.0. The van der Waals surface area contributed by atoms with Crippen molar-refractivity contribution in [3.63, 3.8) is 0 Å². The van der Waals surface area contributed by atoms with E-state index in [0.717, 1.165) is 4.68 Å². The van der Waals surface area contributed by atoms with Gasteiger partial charge in [-0.05, 0) is 50.2 Å². The molecule has 0 radical (unpaired) electrons. The third-order valence-electron chi connectivity index (χ3n) is 3.93. The van der Waals surface area contributed by atoms with Gasteiger partial charge < -0.3 is 5.32 Å². The van der Waals surface area contributed by atoms with Gasteiger partial charge in [-0.25, -0.2) is 27.8 Å². The number of amides is 1. The average molecular weight is 414 g/mol. The minimum Gasteiger partial charge on any atom is -0.324 e. The highest BCUT2D eigenvalue weighted by atomic mass is 32.2. The lowest BCUT2D eigenvalue weighted by atomic mass is 10.2. The molecule has 3 rings (SSSR count). The second-order valence-corrected chi connectivity index (χ2v) is 7.81. The molecular formula is C18H18N6O4S. The van der Waals surface area contributed by atoms with Crippen LogP contribution in [0.1, 0.15) is 18.7 Å². The summed E-state index contributed by atoms with van der Waals surface area (Å²) in [7, 11) is -3.87. The molecule has 0 aliphatic rings. The molecule has 0 aliphatic heterocycles. The zero-order valence-corrected chi connectivity index (χ0v) is 16.4. The van der Waals surface area contributed by atoms with Crippen molar-refractivity contribution in [2.24, 2.45) is 0 Å². The van der Waals surface area contributed by atoms with Crippen LogP contribution in [-0.4, -0.2) is 34.1 Å². The predicted octanol–water partition coefficient (Wildman–Crippen LogP) is 1.34. The maximum Gasteiger partial charge on any atom is 0.267 e. The normalized spacial score (nSPS) is 12.2. The van der Waals surface area contributed by atoms with Crippen LogP contribution in [0.3, 0.4) is 0 Å². The highest BCUT2D eigenvalue weighted by Gasteiger charge is 2.19. The van der Waals surface area contributed by atoms with Crippen LogP contribution in [0.5, 0.6) is 0 Å². The van der Waals surface area contributed by atoms with Gasteiger partial charge in [-0.1, -0.05) is 0 Å². The molecule has 2 heterocycles. The van der Waals surface area contributed by atoms with E-state index in [4.69, 9.17) is 0 Å². The Hall–Kier alpha value is -3.60. The van der Waals surface area contributed by atoms with Gasteiger partial charge in [-0.2, -0.15) is 5.10 Å². The van der Waals surface area contributed by atoms with Crippen molar-refractivity contribution in [1.29, 1.82) is 0 Å². The van der Waals surface area contributed by atoms with Gasteiger partial charge in [0.1, 0.15) is 6.04 Å². The van der Waals surface area contributed by atoms with Crippen molar-refractivity contribution in [2.75, 3.05) is 10.0 Å². The summed E-state index contributed by atoms with van der Waals surface area (Å²) in [4.78, 5) is 32.0. The third-order valence-corrected chi connectivity index (χ3v) is 5.27. The lowest BCUT2D eigenvalue weighted by Crippen LogP contribution is -2.33. The Balaban J connectivity index is 1.72. The number of carbonyl (C=O) groups excluding carboxylic acids is 1. The Kier molecular flexibility index (Phi) is 5.69. The molecule has 1 unspecified atom stereocenters. The molecule has 0 saturated carbocycles. The van der Waals surface area contributed by atoms with E-state index in [1.807, 2.05) is 0 Å². The van der Waals surface area contributed by atoms with E-state index >= 15 is 0 Å². The lowest BCUT2D eigenvalue weighted by Gasteiger charge is -2.14. The number of anilines is 2. The van der Waals surface area contributed by atoms with Gasteiger partial charge >= 0.3 is 0 Å². The molecule has 1 amide bonds. The molecule has 1 atom stereocenters. The molecule has 0 saturated heterocycles. The minimum atomic E-state index is -3.87. The number of hydrogen-bond donors (Lipinski definition) is 2. The Morgan fingerprint density at radius 3 is 2.38 bits per heavy atom. The fraction of sp³-hybridized carbons (Fsp3) is 0.167. The van der Waals surface area contributed by atoms with Gasteiger partial charge in [-0.15, -0.1) is 0 Å². The van der Waals surface area contributed by atoms with Crippen molar-refractivity contribution in [3.8, 4) is 0 Å². The molecule has 0 bridgehead atoms. The zero-order chi connectivity index (χ0) is 21.0. The number of sulfonamides is 1. The first-order chi connectivity index (χ1) is 13.8. The van der Waals surface area contributed by atoms with Crippen molar-refractivity contribution >= 4 is 27.6 Å². The molecule has 150 valence electrons. The van der Waals surface area contributed by atoms with Gasteiger partial charge in [0.05, 0.1) is 10.6 Å². The number of nitrogens with one attached hydrogen (secondary N) is 2. The number of hydrogen-bond acceptors (Lipinski definition) is 7. The van der Waals surface area contributed by atoms with Crippen LogP contribution in [-0.2, 0) is 14.8 Å². The quantitative estimate of drug-likeness (QED) is 0.621. The van der Waals surface area contributed by atoms with Crippen molar-refractivity contribution in [1.82, 2.24) is 19.7 Å². The van der Waals surface area contributed by atoms with Gasteiger partial charge in [0.25, 0.3) is 15.6 Å². The molecule has 0 fully saturated rings. The summed E-state index contributed by atoms with van der Waals surface area (Å²) in [6, 6.07) is 9.19. The highest BCUT2D eigenvalue weighted by molar-refractivity contribution is 7.92. The Labute approximate surface area is 166 Å². The van der Waals surface area contributed by atoms with Crippen LogP contribution in [0.4, 0.5) is 11.6 Å². The number of aryl methyl sites for hydroxylation is 1. The van der Waals surface area contributed by atoms with Crippen molar-refractivity contribution < 1.29 is 13.2 Å². The molecule has 3 aromatic rings. The number of rotatable bonds is 6. The topological polar surface area (TPSA) is 136 Å². The summed E-state index contributed by atoms with van der Waals surface area (Å²) in [5, 5.41) is 6.70.